The fourth-order valence-electron chi connectivity index (χ4n) is 5.14. The number of aromatic nitrogens is 1. The van der Waals surface area contributed by atoms with Crippen molar-refractivity contribution in [1.82, 2.24) is 4.57 Å². The molecule has 0 radical (unpaired) electrons. The summed E-state index contributed by atoms with van der Waals surface area (Å²) in [6.45, 7) is 12.5. The lowest BCUT2D eigenvalue weighted by Crippen LogP contribution is -2.41. The van der Waals surface area contributed by atoms with Crippen LogP contribution in [-0.4, -0.2) is 29.6 Å². The molecule has 3 aromatic rings. The minimum absolute atomic E-state index is 0.0499. The normalized spacial score (nSPS) is 18.3. The van der Waals surface area contributed by atoms with Crippen LogP contribution in [0.25, 0.3) is 5.57 Å². The summed E-state index contributed by atoms with van der Waals surface area (Å²) >= 11 is 1.19. The Morgan fingerprint density at radius 3 is 2.37 bits per heavy atom. The zero-order valence-corrected chi connectivity index (χ0v) is 23.3. The molecule has 2 aliphatic rings. The molecule has 0 N–H and O–H groups in total. The summed E-state index contributed by atoms with van der Waals surface area (Å²) in [7, 11) is 0. The fourth-order valence-corrected chi connectivity index (χ4v) is 6.27. The lowest BCUT2D eigenvalue weighted by Gasteiger charge is -2.26. The third-order valence-corrected chi connectivity index (χ3v) is 8.10. The van der Waals surface area contributed by atoms with Crippen LogP contribution in [0.15, 0.2) is 69.6 Å². The topological polar surface area (TPSA) is 81.0 Å². The predicted molar refractivity (Wildman–Crippen MR) is 149 cm³/mol. The van der Waals surface area contributed by atoms with Crippen molar-refractivity contribution >= 4 is 34.5 Å². The quantitative estimate of drug-likeness (QED) is 0.481. The number of hydrogen-bond acceptors (Lipinski definition) is 6. The van der Waals surface area contributed by atoms with Gasteiger partial charge >= 0.3 is 5.97 Å². The van der Waals surface area contributed by atoms with Crippen LogP contribution in [0.4, 0.5) is 5.69 Å². The zero-order chi connectivity index (χ0) is 27.4. The lowest BCUT2D eigenvalue weighted by atomic mass is 9.85. The Morgan fingerprint density at radius 2 is 1.74 bits per heavy atom. The highest BCUT2D eigenvalue weighted by Gasteiger charge is 2.37. The van der Waals surface area contributed by atoms with Gasteiger partial charge in [0.05, 0.1) is 35.2 Å². The summed E-state index contributed by atoms with van der Waals surface area (Å²) in [6.07, 6.45) is 0. The molecular weight excluding hydrogens is 498 g/mol. The van der Waals surface area contributed by atoms with Crippen LogP contribution in [0, 0.1) is 0 Å². The summed E-state index contributed by atoms with van der Waals surface area (Å²) in [4.78, 5) is 47.6. The molecule has 1 atom stereocenters. The Balaban J connectivity index is 1.79. The van der Waals surface area contributed by atoms with Crippen LogP contribution in [0.5, 0.6) is 0 Å². The van der Waals surface area contributed by atoms with Crippen LogP contribution >= 0.6 is 11.3 Å². The molecule has 1 unspecified atom stereocenters. The van der Waals surface area contributed by atoms with Gasteiger partial charge in [-0.2, -0.15) is 0 Å². The van der Waals surface area contributed by atoms with Crippen LogP contribution in [0.2, 0.25) is 0 Å². The number of carbonyl (C=O) groups excluding carboxylic acids is 2. The number of fused-ring (bicyclic) bond motifs is 2. The number of hydrogen-bond donors (Lipinski definition) is 0. The van der Waals surface area contributed by atoms with E-state index >= 15 is 0 Å². The highest BCUT2D eigenvalue weighted by molar-refractivity contribution is 7.07. The van der Waals surface area contributed by atoms with Gasteiger partial charge in [-0.3, -0.25) is 14.2 Å². The third kappa shape index (κ3) is 4.04. The molecule has 5 rings (SSSR count). The zero-order valence-electron chi connectivity index (χ0n) is 22.5. The van der Waals surface area contributed by atoms with Crippen molar-refractivity contribution in [3.63, 3.8) is 0 Å². The molecular formula is C30H31N3O4S. The van der Waals surface area contributed by atoms with Crippen molar-refractivity contribution in [2.75, 3.05) is 18.1 Å². The highest BCUT2D eigenvalue weighted by atomic mass is 32.1. The molecule has 2 aliphatic heterocycles. The van der Waals surface area contributed by atoms with Gasteiger partial charge in [0.2, 0.25) is 0 Å². The van der Waals surface area contributed by atoms with Gasteiger partial charge in [-0.05, 0) is 43.4 Å². The molecule has 0 bridgehead atoms. The van der Waals surface area contributed by atoms with Gasteiger partial charge in [0, 0.05) is 12.1 Å². The van der Waals surface area contributed by atoms with E-state index in [-0.39, 0.29) is 23.5 Å². The van der Waals surface area contributed by atoms with E-state index in [1.165, 1.54) is 11.3 Å². The van der Waals surface area contributed by atoms with Gasteiger partial charge in [-0.15, -0.1) is 0 Å². The number of nitrogens with zero attached hydrogens (tertiary/aromatic N) is 3. The van der Waals surface area contributed by atoms with E-state index in [0.717, 1.165) is 22.4 Å². The van der Waals surface area contributed by atoms with Crippen molar-refractivity contribution in [3.05, 3.63) is 96.2 Å². The van der Waals surface area contributed by atoms with Crippen molar-refractivity contribution in [1.29, 1.82) is 0 Å². The SMILES string of the molecule is CCOC(=O)C1=C(C)N=c2s/c(=C3\C(=O)N(CC)c4ccccc43)c(=O)n2C1c1ccc(C(C)(C)C)cc1. The predicted octanol–water partition coefficient (Wildman–Crippen LogP) is 3.83. The molecule has 196 valence electrons. The second kappa shape index (κ2) is 9.51. The molecule has 8 heteroatoms. The van der Waals surface area contributed by atoms with E-state index in [0.29, 0.717) is 32.7 Å². The summed E-state index contributed by atoms with van der Waals surface area (Å²) in [5.41, 5.74) is 4.26. The number of allylic oxidation sites excluding steroid dienone is 1. The summed E-state index contributed by atoms with van der Waals surface area (Å²) in [5, 5.41) is 0. The first-order valence-electron chi connectivity index (χ1n) is 12.8. The molecule has 0 aliphatic carbocycles. The molecule has 0 saturated heterocycles. The molecule has 0 spiro atoms. The number of para-hydroxylation sites is 1. The van der Waals surface area contributed by atoms with Crippen molar-refractivity contribution in [2.45, 2.75) is 53.0 Å². The maximum Gasteiger partial charge on any atom is 0.338 e. The molecule has 0 fully saturated rings. The molecule has 1 aromatic heterocycles. The van der Waals surface area contributed by atoms with Crippen LogP contribution in [0.3, 0.4) is 0 Å². The lowest BCUT2D eigenvalue weighted by molar-refractivity contribution is -0.139. The molecule has 1 amide bonds. The van der Waals surface area contributed by atoms with Crippen LogP contribution < -0.4 is 19.8 Å². The highest BCUT2D eigenvalue weighted by Crippen LogP contribution is 2.35. The van der Waals surface area contributed by atoms with Gasteiger partial charge in [-0.25, -0.2) is 9.79 Å². The third-order valence-electron chi connectivity index (χ3n) is 7.05. The van der Waals surface area contributed by atoms with Gasteiger partial charge in [0.25, 0.3) is 11.5 Å². The maximum absolute atomic E-state index is 14.1. The number of likely N-dealkylation sites (N-methyl/N-ethyl adjacent to an activating group) is 1. The first kappa shape index (κ1) is 25.9. The van der Waals surface area contributed by atoms with E-state index < -0.39 is 12.0 Å². The van der Waals surface area contributed by atoms with Gasteiger partial charge < -0.3 is 9.64 Å². The van der Waals surface area contributed by atoms with Crippen LogP contribution in [0.1, 0.15) is 64.3 Å². The number of benzene rings is 2. The minimum Gasteiger partial charge on any atom is -0.463 e. The number of rotatable bonds is 4. The summed E-state index contributed by atoms with van der Waals surface area (Å²) < 4.78 is 7.27. The summed E-state index contributed by atoms with van der Waals surface area (Å²) in [6, 6.07) is 14.8. The monoisotopic (exact) mass is 529 g/mol. The van der Waals surface area contributed by atoms with Gasteiger partial charge in [0.1, 0.15) is 4.53 Å². The van der Waals surface area contributed by atoms with Crippen molar-refractivity contribution < 1.29 is 14.3 Å². The average Bonchev–Trinajstić information content (AvgIpc) is 3.34. The molecule has 0 saturated carbocycles. The van der Waals surface area contributed by atoms with E-state index in [4.69, 9.17) is 4.74 Å². The largest absolute Gasteiger partial charge is 0.463 e. The fraction of sp³-hybridized carbons (Fsp3) is 0.333. The van der Waals surface area contributed by atoms with Gasteiger partial charge in [-0.1, -0.05) is 74.6 Å². The molecule has 38 heavy (non-hydrogen) atoms. The number of carbonyl (C=O) groups is 2. The maximum atomic E-state index is 14.1. The van der Waals surface area contributed by atoms with E-state index in [1.807, 2.05) is 55.5 Å². The number of amides is 1. The Morgan fingerprint density at radius 1 is 1.05 bits per heavy atom. The van der Waals surface area contributed by atoms with Crippen molar-refractivity contribution in [3.8, 4) is 0 Å². The van der Waals surface area contributed by atoms with E-state index in [9.17, 15) is 14.4 Å². The van der Waals surface area contributed by atoms with Gasteiger partial charge in [0.15, 0.2) is 4.80 Å². The Bertz CT molecular complexity index is 1670. The smallest absolute Gasteiger partial charge is 0.338 e. The summed E-state index contributed by atoms with van der Waals surface area (Å²) in [5.74, 6) is -0.706. The number of ether oxygens (including phenoxy) is 1. The number of esters is 1. The van der Waals surface area contributed by atoms with Crippen molar-refractivity contribution in [2.24, 2.45) is 4.99 Å². The minimum atomic E-state index is -0.720. The Kier molecular flexibility index (Phi) is 6.47. The first-order valence-corrected chi connectivity index (χ1v) is 13.6. The molecule has 7 nitrogen and oxygen atoms in total. The Labute approximate surface area is 225 Å². The van der Waals surface area contributed by atoms with E-state index in [2.05, 4.69) is 25.8 Å². The number of anilines is 1. The molecule has 2 aromatic carbocycles. The second-order valence-corrected chi connectivity index (χ2v) is 11.4. The molecule has 3 heterocycles. The van der Waals surface area contributed by atoms with Crippen LogP contribution in [-0.2, 0) is 19.7 Å². The average molecular weight is 530 g/mol. The standard InChI is InChI=1S/C30H31N3O4S/c1-7-32-21-12-10-9-11-20(21)23(26(32)34)25-27(35)33-24(18-13-15-19(16-14-18)30(4,5)6)22(28(36)37-8-2)17(3)31-29(33)38-25/h9-16,24H,7-8H2,1-6H3/b25-23-. The second-order valence-electron chi connectivity index (χ2n) is 10.4. The van der Waals surface area contributed by atoms with E-state index in [1.54, 1.807) is 23.3 Å². The Hall–Kier alpha value is -3.78. The number of thiazole rings is 1. The first-order chi connectivity index (χ1) is 18.1.